The van der Waals surface area contributed by atoms with Gasteiger partial charge in [-0.1, -0.05) is 55.8 Å². The summed E-state index contributed by atoms with van der Waals surface area (Å²) in [6.07, 6.45) is 0. The maximum atomic E-state index is 13.6. The summed E-state index contributed by atoms with van der Waals surface area (Å²) in [5.74, 6) is 0.255. The number of benzene rings is 2. The van der Waals surface area contributed by atoms with Gasteiger partial charge in [0.25, 0.3) is 0 Å². The van der Waals surface area contributed by atoms with Crippen molar-refractivity contribution < 1.29 is 23.9 Å². The van der Waals surface area contributed by atoms with Crippen LogP contribution in [0.3, 0.4) is 0 Å². The Labute approximate surface area is 190 Å². The fraction of sp³-hybridized carbons (Fsp3) is 0.375. The third kappa shape index (κ3) is 4.98. The highest BCUT2D eigenvalue weighted by molar-refractivity contribution is 9.09. The lowest BCUT2D eigenvalue weighted by molar-refractivity contribution is -0.113. The molecular weight excluding hydrogens is 462 g/mol. The standard InChI is InChI=1S/C24H26BrNO5/c1-13(2)11-30-18-7-5-6-16-21(18)24(29)22-17(23(16)28)8-15(26-20(27)10-25)9-19(22)31-12-14(3)4/h5-9,13-14H,10-12H2,1-4H3,(H,26,27). The van der Waals surface area contributed by atoms with Crippen molar-refractivity contribution in [2.75, 3.05) is 23.9 Å². The van der Waals surface area contributed by atoms with Gasteiger partial charge in [-0.15, -0.1) is 0 Å². The molecule has 3 rings (SSSR count). The average Bonchev–Trinajstić information content (AvgIpc) is 2.73. The molecular formula is C24H26BrNO5. The maximum absolute atomic E-state index is 13.6. The zero-order chi connectivity index (χ0) is 22.7. The Morgan fingerprint density at radius 2 is 1.52 bits per heavy atom. The van der Waals surface area contributed by atoms with Gasteiger partial charge in [-0.25, -0.2) is 0 Å². The molecule has 1 aliphatic carbocycles. The van der Waals surface area contributed by atoms with Crippen molar-refractivity contribution in [2.45, 2.75) is 27.7 Å². The summed E-state index contributed by atoms with van der Waals surface area (Å²) in [6, 6.07) is 8.16. The molecule has 0 aliphatic heterocycles. The topological polar surface area (TPSA) is 81.7 Å². The number of nitrogens with one attached hydrogen (secondary N) is 1. The van der Waals surface area contributed by atoms with Crippen LogP contribution < -0.4 is 14.8 Å². The maximum Gasteiger partial charge on any atom is 0.235 e. The number of halogens is 1. The highest BCUT2D eigenvalue weighted by atomic mass is 79.9. The zero-order valence-electron chi connectivity index (χ0n) is 18.1. The van der Waals surface area contributed by atoms with Crippen molar-refractivity contribution in [3.63, 3.8) is 0 Å². The molecule has 31 heavy (non-hydrogen) atoms. The third-order valence-corrected chi connectivity index (χ3v) is 5.13. The van der Waals surface area contributed by atoms with Crippen LogP contribution >= 0.6 is 15.9 Å². The van der Waals surface area contributed by atoms with Crippen LogP contribution in [0.5, 0.6) is 11.5 Å². The molecule has 6 nitrogen and oxygen atoms in total. The molecule has 2 aromatic carbocycles. The summed E-state index contributed by atoms with van der Waals surface area (Å²) < 4.78 is 11.8. The molecule has 0 spiro atoms. The van der Waals surface area contributed by atoms with E-state index in [9.17, 15) is 14.4 Å². The summed E-state index contributed by atoms with van der Waals surface area (Å²) in [7, 11) is 0. The minimum absolute atomic E-state index is 0.110. The molecule has 0 fully saturated rings. The normalized spacial score (nSPS) is 12.6. The van der Waals surface area contributed by atoms with Crippen LogP contribution in [0.2, 0.25) is 0 Å². The van der Waals surface area contributed by atoms with Gasteiger partial charge in [-0.05, 0) is 24.0 Å². The van der Waals surface area contributed by atoms with Crippen molar-refractivity contribution in [1.82, 2.24) is 0 Å². The second-order valence-corrected chi connectivity index (χ2v) is 8.89. The molecule has 0 atom stereocenters. The molecule has 0 saturated carbocycles. The van der Waals surface area contributed by atoms with E-state index in [2.05, 4.69) is 21.2 Å². The molecule has 1 amide bonds. The highest BCUT2D eigenvalue weighted by Gasteiger charge is 2.35. The van der Waals surface area contributed by atoms with Gasteiger partial charge >= 0.3 is 0 Å². The van der Waals surface area contributed by atoms with E-state index in [0.717, 1.165) is 0 Å². The van der Waals surface area contributed by atoms with E-state index in [1.54, 1.807) is 24.3 Å². The van der Waals surface area contributed by atoms with Gasteiger partial charge in [0, 0.05) is 22.9 Å². The molecule has 7 heteroatoms. The van der Waals surface area contributed by atoms with Crippen LogP contribution in [-0.2, 0) is 4.79 Å². The Kier molecular flexibility index (Phi) is 7.15. The number of ketones is 2. The summed E-state index contributed by atoms with van der Waals surface area (Å²) in [4.78, 5) is 38.8. The number of alkyl halides is 1. The highest BCUT2D eigenvalue weighted by Crippen LogP contribution is 2.39. The lowest BCUT2D eigenvalue weighted by Gasteiger charge is -2.24. The van der Waals surface area contributed by atoms with Gasteiger partial charge in [-0.3, -0.25) is 14.4 Å². The van der Waals surface area contributed by atoms with Gasteiger partial charge in [0.05, 0.1) is 29.7 Å². The van der Waals surface area contributed by atoms with Gasteiger partial charge in [0.1, 0.15) is 11.5 Å². The van der Waals surface area contributed by atoms with Gasteiger partial charge < -0.3 is 14.8 Å². The molecule has 0 radical (unpaired) electrons. The molecule has 0 bridgehead atoms. The van der Waals surface area contributed by atoms with Crippen molar-refractivity contribution >= 4 is 39.1 Å². The monoisotopic (exact) mass is 487 g/mol. The van der Waals surface area contributed by atoms with Crippen LogP contribution in [0.15, 0.2) is 30.3 Å². The lowest BCUT2D eigenvalue weighted by atomic mass is 9.82. The van der Waals surface area contributed by atoms with Crippen LogP contribution in [-0.4, -0.2) is 36.0 Å². The first-order valence-corrected chi connectivity index (χ1v) is 11.4. The molecule has 2 aromatic rings. The Hall–Kier alpha value is -2.67. The fourth-order valence-corrected chi connectivity index (χ4v) is 3.41. The lowest BCUT2D eigenvalue weighted by Crippen LogP contribution is -2.24. The molecule has 0 heterocycles. The largest absolute Gasteiger partial charge is 0.493 e. The van der Waals surface area contributed by atoms with Crippen molar-refractivity contribution in [1.29, 1.82) is 0 Å². The van der Waals surface area contributed by atoms with Gasteiger partial charge in [0.15, 0.2) is 5.78 Å². The van der Waals surface area contributed by atoms with Crippen molar-refractivity contribution in [2.24, 2.45) is 11.8 Å². The average molecular weight is 488 g/mol. The van der Waals surface area contributed by atoms with E-state index in [1.165, 1.54) is 6.07 Å². The smallest absolute Gasteiger partial charge is 0.235 e. The van der Waals surface area contributed by atoms with Crippen LogP contribution in [0.4, 0.5) is 5.69 Å². The van der Waals surface area contributed by atoms with Gasteiger partial charge in [0.2, 0.25) is 11.7 Å². The second-order valence-electron chi connectivity index (χ2n) is 8.33. The first-order valence-electron chi connectivity index (χ1n) is 10.2. The first kappa shape index (κ1) is 23.0. The van der Waals surface area contributed by atoms with Crippen LogP contribution in [0.1, 0.15) is 59.5 Å². The molecule has 0 unspecified atom stereocenters. The molecule has 1 aliphatic rings. The number of amides is 1. The molecule has 0 saturated heterocycles. The number of carbonyl (C=O) groups is 3. The van der Waals surface area contributed by atoms with Crippen molar-refractivity contribution in [3.05, 3.63) is 52.6 Å². The number of hydrogen-bond donors (Lipinski definition) is 1. The number of fused-ring (bicyclic) bond motifs is 2. The van der Waals surface area contributed by atoms with Crippen LogP contribution in [0, 0.1) is 11.8 Å². The van der Waals surface area contributed by atoms with Gasteiger partial charge in [-0.2, -0.15) is 0 Å². The SMILES string of the molecule is CC(C)COc1cccc2c1C(=O)c1c(OCC(C)C)cc(NC(=O)CBr)cc1C2=O. The first-order chi connectivity index (χ1) is 14.7. The minimum Gasteiger partial charge on any atom is -0.493 e. The second kappa shape index (κ2) is 9.64. The summed E-state index contributed by atoms with van der Waals surface area (Å²) in [5.41, 5.74) is 1.36. The van der Waals surface area contributed by atoms with E-state index in [-0.39, 0.29) is 62.6 Å². The summed E-state index contributed by atoms with van der Waals surface area (Å²) in [6.45, 7) is 8.80. The number of anilines is 1. The van der Waals surface area contributed by atoms with E-state index >= 15 is 0 Å². The molecule has 164 valence electrons. The Balaban J connectivity index is 2.13. The Morgan fingerprint density at radius 1 is 0.903 bits per heavy atom. The van der Waals surface area contributed by atoms with E-state index in [0.29, 0.717) is 24.7 Å². The Morgan fingerprint density at radius 3 is 2.13 bits per heavy atom. The molecule has 0 aromatic heterocycles. The number of rotatable bonds is 8. The summed E-state index contributed by atoms with van der Waals surface area (Å²) >= 11 is 3.11. The Bertz CT molecular complexity index is 1030. The zero-order valence-corrected chi connectivity index (χ0v) is 19.7. The predicted molar refractivity (Wildman–Crippen MR) is 123 cm³/mol. The summed E-state index contributed by atoms with van der Waals surface area (Å²) in [5, 5.41) is 2.83. The quantitative estimate of drug-likeness (QED) is 0.458. The number of carbonyl (C=O) groups excluding carboxylic acids is 3. The van der Waals surface area contributed by atoms with E-state index in [4.69, 9.17) is 9.47 Å². The van der Waals surface area contributed by atoms with Crippen molar-refractivity contribution in [3.8, 4) is 11.5 Å². The number of hydrogen-bond acceptors (Lipinski definition) is 5. The van der Waals surface area contributed by atoms with E-state index < -0.39 is 0 Å². The third-order valence-electron chi connectivity index (χ3n) is 4.62. The number of ether oxygens (including phenoxy) is 2. The predicted octanol–water partition coefficient (Wildman–Crippen LogP) is 4.87. The minimum atomic E-state index is -0.318. The fourth-order valence-electron chi connectivity index (χ4n) is 3.27. The molecule has 1 N–H and O–H groups in total. The van der Waals surface area contributed by atoms with E-state index in [1.807, 2.05) is 27.7 Å². The van der Waals surface area contributed by atoms with Crippen LogP contribution in [0.25, 0.3) is 0 Å².